The maximum atomic E-state index is 13.6. The molecule has 0 amide bonds. The zero-order chi connectivity index (χ0) is 29.6. The van der Waals surface area contributed by atoms with Crippen molar-refractivity contribution in [3.05, 3.63) is 0 Å². The van der Waals surface area contributed by atoms with Gasteiger partial charge in [-0.05, 0) is 120 Å². The van der Waals surface area contributed by atoms with E-state index in [2.05, 4.69) is 13.8 Å². The van der Waals surface area contributed by atoms with Gasteiger partial charge in [-0.2, -0.15) is 0 Å². The zero-order valence-electron chi connectivity index (χ0n) is 26.4. The number of carbonyl (C=O) groups excluding carboxylic acids is 4. The van der Waals surface area contributed by atoms with Gasteiger partial charge in [-0.1, -0.05) is 34.1 Å². The Kier molecular flexibility index (Phi) is 7.09. The van der Waals surface area contributed by atoms with Gasteiger partial charge in [-0.25, -0.2) is 0 Å². The van der Waals surface area contributed by atoms with Gasteiger partial charge in [-0.3, -0.25) is 19.2 Å². The van der Waals surface area contributed by atoms with E-state index in [9.17, 15) is 19.2 Å². The van der Waals surface area contributed by atoms with Crippen molar-refractivity contribution in [1.29, 1.82) is 0 Å². The molecule has 12 atom stereocenters. The predicted octanol–water partition coefficient (Wildman–Crippen LogP) is 6.78. The van der Waals surface area contributed by atoms with Gasteiger partial charge in [0.25, 0.3) is 0 Å². The number of cyclic esters (lactones) is 2. The summed E-state index contributed by atoms with van der Waals surface area (Å²) in [5.41, 5.74) is -1.50. The molecular weight excluding hydrogens is 516 g/mol. The summed E-state index contributed by atoms with van der Waals surface area (Å²) in [6.07, 6.45) is 9.60. The number of ketones is 1. The Morgan fingerprint density at radius 2 is 1.61 bits per heavy atom. The predicted molar refractivity (Wildman–Crippen MR) is 154 cm³/mol. The van der Waals surface area contributed by atoms with Crippen LogP contribution in [0.2, 0.25) is 0 Å². The van der Waals surface area contributed by atoms with E-state index in [0.717, 1.165) is 25.2 Å². The summed E-state index contributed by atoms with van der Waals surface area (Å²) in [5.74, 6) is 2.48. The highest BCUT2D eigenvalue weighted by molar-refractivity contribution is 5.96. The molecule has 0 aromatic rings. The van der Waals surface area contributed by atoms with E-state index in [-0.39, 0.29) is 34.7 Å². The highest BCUT2D eigenvalue weighted by atomic mass is 16.6. The number of Topliss-reactive ketones (excluding diaryl/α,β-unsaturated/α-hetero) is 1. The third kappa shape index (κ3) is 4.82. The number of esters is 3. The average Bonchev–Trinajstić information content (AvgIpc) is 3.69. The summed E-state index contributed by atoms with van der Waals surface area (Å²) in [7, 11) is 0. The largest absolute Gasteiger partial charge is 0.459 e. The smallest absolute Gasteiger partial charge is 0.317 e. The molecule has 0 spiro atoms. The van der Waals surface area contributed by atoms with Crippen molar-refractivity contribution in [3.63, 3.8) is 0 Å². The lowest BCUT2D eigenvalue weighted by Crippen LogP contribution is -2.45. The molecule has 12 unspecified atom stereocenters. The molecule has 6 nitrogen and oxygen atoms in total. The van der Waals surface area contributed by atoms with Crippen LogP contribution in [0.25, 0.3) is 0 Å². The van der Waals surface area contributed by atoms with Crippen molar-refractivity contribution >= 4 is 23.7 Å². The minimum atomic E-state index is -0.750. The number of rotatable bonds is 8. The van der Waals surface area contributed by atoms with Crippen LogP contribution >= 0.6 is 0 Å². The third-order valence-electron chi connectivity index (χ3n) is 13.2. The van der Waals surface area contributed by atoms with Crippen molar-refractivity contribution in [3.8, 4) is 0 Å². The van der Waals surface area contributed by atoms with Gasteiger partial charge in [0, 0.05) is 17.3 Å². The van der Waals surface area contributed by atoms with E-state index in [1.165, 1.54) is 25.7 Å². The van der Waals surface area contributed by atoms with Crippen LogP contribution in [0.4, 0.5) is 0 Å². The summed E-state index contributed by atoms with van der Waals surface area (Å²) in [5, 5.41) is 0. The van der Waals surface area contributed by atoms with Crippen LogP contribution in [0.3, 0.4) is 0 Å². The van der Waals surface area contributed by atoms with Crippen LogP contribution < -0.4 is 0 Å². The van der Waals surface area contributed by atoms with Crippen molar-refractivity contribution in [1.82, 2.24) is 0 Å². The summed E-state index contributed by atoms with van der Waals surface area (Å²) >= 11 is 0. The summed E-state index contributed by atoms with van der Waals surface area (Å²) in [6, 6.07) is 0. The zero-order valence-corrected chi connectivity index (χ0v) is 26.4. The fourth-order valence-corrected chi connectivity index (χ4v) is 10.9. The lowest BCUT2D eigenvalue weighted by Gasteiger charge is -2.41. The molecule has 5 saturated carbocycles. The van der Waals surface area contributed by atoms with E-state index in [0.29, 0.717) is 54.6 Å². The van der Waals surface area contributed by atoms with E-state index in [1.807, 2.05) is 34.6 Å². The second-order valence-corrected chi connectivity index (χ2v) is 17.0. The van der Waals surface area contributed by atoms with Crippen LogP contribution in [0.15, 0.2) is 0 Å². The Hall–Kier alpha value is -1.72. The molecule has 1 heterocycles. The van der Waals surface area contributed by atoms with Crippen LogP contribution in [-0.2, 0) is 28.7 Å². The Bertz CT molecular complexity index is 1120. The first-order chi connectivity index (χ1) is 19.1. The highest BCUT2D eigenvalue weighted by Crippen LogP contribution is 2.64. The van der Waals surface area contributed by atoms with Crippen molar-refractivity contribution < 1.29 is 28.7 Å². The van der Waals surface area contributed by atoms with Gasteiger partial charge in [0.2, 0.25) is 0 Å². The lowest BCUT2D eigenvalue weighted by atomic mass is 9.66. The lowest BCUT2D eigenvalue weighted by molar-refractivity contribution is -0.178. The van der Waals surface area contributed by atoms with E-state index < -0.39 is 29.2 Å². The van der Waals surface area contributed by atoms with Gasteiger partial charge in [0.15, 0.2) is 0 Å². The fourth-order valence-electron chi connectivity index (χ4n) is 10.9. The molecule has 6 fully saturated rings. The Morgan fingerprint density at radius 1 is 0.927 bits per heavy atom. The maximum Gasteiger partial charge on any atom is 0.317 e. The first-order valence-electron chi connectivity index (χ1n) is 16.6. The molecule has 0 N–H and O–H groups in total. The normalized spacial score (nSPS) is 44.9. The molecular formula is C35H52O6. The molecule has 6 aliphatic rings. The third-order valence-corrected chi connectivity index (χ3v) is 13.2. The molecule has 0 aromatic heterocycles. The average molecular weight is 569 g/mol. The minimum absolute atomic E-state index is 0.0493. The van der Waals surface area contributed by atoms with E-state index in [1.54, 1.807) is 0 Å². The maximum absolute atomic E-state index is 13.6. The second kappa shape index (κ2) is 9.91. The molecule has 6 rings (SSSR count). The van der Waals surface area contributed by atoms with Gasteiger partial charge < -0.3 is 9.47 Å². The number of fused-ring (bicyclic) bond motifs is 7. The van der Waals surface area contributed by atoms with E-state index in [4.69, 9.17) is 9.47 Å². The Labute approximate surface area is 246 Å². The molecule has 0 aromatic carbocycles. The van der Waals surface area contributed by atoms with Crippen molar-refractivity contribution in [2.45, 2.75) is 118 Å². The first-order valence-corrected chi connectivity index (χ1v) is 16.6. The molecule has 6 heteroatoms. The van der Waals surface area contributed by atoms with Gasteiger partial charge in [0.1, 0.15) is 11.4 Å². The summed E-state index contributed by atoms with van der Waals surface area (Å²) < 4.78 is 11.6. The van der Waals surface area contributed by atoms with Gasteiger partial charge in [-0.15, -0.1) is 0 Å². The molecule has 0 radical (unpaired) electrons. The highest BCUT2D eigenvalue weighted by Gasteiger charge is 2.61. The fraction of sp³-hybridized carbons (Fsp3) is 0.886. The van der Waals surface area contributed by atoms with Gasteiger partial charge >= 0.3 is 17.9 Å². The van der Waals surface area contributed by atoms with Crippen molar-refractivity contribution in [2.75, 3.05) is 0 Å². The topological polar surface area (TPSA) is 86.7 Å². The van der Waals surface area contributed by atoms with Crippen molar-refractivity contribution in [2.24, 2.45) is 75.9 Å². The molecule has 41 heavy (non-hydrogen) atoms. The number of hydrogen-bond donors (Lipinski definition) is 0. The number of carbonyl (C=O) groups is 4. The van der Waals surface area contributed by atoms with Crippen LogP contribution in [0.5, 0.6) is 0 Å². The molecule has 228 valence electrons. The SMILES string of the molecule is CC1C2CC(C(=O)C(C)(C)C)C(C2)C1CC1C(=O)OC(=O)C1CCC(C)(C)C(=O)OC1(C)CC2CC1C1CCCC21. The first kappa shape index (κ1) is 29.4. The molecule has 1 aliphatic heterocycles. The summed E-state index contributed by atoms with van der Waals surface area (Å²) in [4.78, 5) is 52.7. The van der Waals surface area contributed by atoms with Crippen LogP contribution in [0, 0.1) is 75.9 Å². The van der Waals surface area contributed by atoms with E-state index >= 15 is 0 Å². The monoisotopic (exact) mass is 568 g/mol. The number of ether oxygens (including phenoxy) is 2. The molecule has 1 saturated heterocycles. The van der Waals surface area contributed by atoms with Gasteiger partial charge in [0.05, 0.1) is 17.3 Å². The molecule has 5 aliphatic carbocycles. The second-order valence-electron chi connectivity index (χ2n) is 17.0. The Morgan fingerprint density at radius 3 is 2.29 bits per heavy atom. The number of hydrogen-bond acceptors (Lipinski definition) is 6. The summed E-state index contributed by atoms with van der Waals surface area (Å²) in [6.45, 7) is 14.2. The molecule has 4 bridgehead atoms. The standard InChI is InChI=1S/C35H52O6/c1-18-19-13-25(26(14-19)29(36)33(2,3)4)24(18)16-27-23(30(37)40-31(27)38)11-12-34(5,6)32(39)41-35(7)17-20-15-28(35)22-10-8-9-21(20)22/h18-28H,8-17H2,1-7H3. The Balaban J connectivity index is 1.09. The minimum Gasteiger partial charge on any atom is -0.459 e. The van der Waals surface area contributed by atoms with Crippen LogP contribution in [0.1, 0.15) is 113 Å². The quantitative estimate of drug-likeness (QED) is 0.237. The van der Waals surface area contributed by atoms with Crippen LogP contribution in [-0.4, -0.2) is 29.3 Å².